The first-order valence-electron chi connectivity index (χ1n) is 7.48. The highest BCUT2D eigenvalue weighted by Crippen LogP contribution is 2.09. The third kappa shape index (κ3) is 3.83. The van der Waals surface area contributed by atoms with Gasteiger partial charge in [0.05, 0.1) is 6.42 Å². The zero-order chi connectivity index (χ0) is 16.1. The van der Waals surface area contributed by atoms with Crippen molar-refractivity contribution < 1.29 is 4.79 Å². The van der Waals surface area contributed by atoms with Crippen molar-refractivity contribution in [1.29, 1.82) is 0 Å². The van der Waals surface area contributed by atoms with Gasteiger partial charge in [0.1, 0.15) is 0 Å². The van der Waals surface area contributed by atoms with E-state index >= 15 is 0 Å². The van der Waals surface area contributed by atoms with E-state index < -0.39 is 0 Å². The number of rotatable bonds is 5. The van der Waals surface area contributed by atoms with Crippen LogP contribution in [-0.2, 0) is 17.8 Å². The average Bonchev–Trinajstić information content (AvgIpc) is 3.10. The molecule has 2 heterocycles. The standard InChI is InChI=1S/C18H18N4O/c1-14-5-2-3-6-16(14)12-18(23)20-13-15-7-9-19-17(11-15)22-10-4-8-21-22/h2-11H,12-13H2,1H3,(H,20,23). The summed E-state index contributed by atoms with van der Waals surface area (Å²) in [5.41, 5.74) is 3.17. The lowest BCUT2D eigenvalue weighted by atomic mass is 10.1. The maximum Gasteiger partial charge on any atom is 0.224 e. The summed E-state index contributed by atoms with van der Waals surface area (Å²) in [6.45, 7) is 2.49. The molecular weight excluding hydrogens is 288 g/mol. The van der Waals surface area contributed by atoms with Crippen molar-refractivity contribution in [2.45, 2.75) is 19.9 Å². The van der Waals surface area contributed by atoms with E-state index in [2.05, 4.69) is 15.4 Å². The van der Waals surface area contributed by atoms with Gasteiger partial charge < -0.3 is 5.32 Å². The second-order valence-corrected chi connectivity index (χ2v) is 5.35. The molecule has 0 saturated carbocycles. The normalized spacial score (nSPS) is 10.5. The molecule has 0 aliphatic rings. The number of benzene rings is 1. The zero-order valence-corrected chi connectivity index (χ0v) is 12.9. The molecule has 23 heavy (non-hydrogen) atoms. The van der Waals surface area contributed by atoms with E-state index in [9.17, 15) is 4.79 Å². The van der Waals surface area contributed by atoms with Gasteiger partial charge in [-0.1, -0.05) is 24.3 Å². The lowest BCUT2D eigenvalue weighted by molar-refractivity contribution is -0.120. The highest BCUT2D eigenvalue weighted by atomic mass is 16.1. The van der Waals surface area contributed by atoms with Crippen molar-refractivity contribution in [3.05, 3.63) is 77.7 Å². The molecule has 1 aromatic carbocycles. The zero-order valence-electron chi connectivity index (χ0n) is 12.9. The van der Waals surface area contributed by atoms with Gasteiger partial charge in [-0.3, -0.25) is 4.79 Å². The maximum atomic E-state index is 12.1. The fourth-order valence-electron chi connectivity index (χ4n) is 2.34. The second kappa shape index (κ2) is 6.87. The SMILES string of the molecule is Cc1ccccc1CC(=O)NCc1ccnc(-n2cccn2)c1. The van der Waals surface area contributed by atoms with Crippen molar-refractivity contribution >= 4 is 5.91 Å². The number of hydrogen-bond donors (Lipinski definition) is 1. The minimum atomic E-state index is 0.0109. The molecule has 116 valence electrons. The maximum absolute atomic E-state index is 12.1. The minimum absolute atomic E-state index is 0.0109. The predicted octanol–water partition coefficient (Wildman–Crippen LogP) is 2.43. The first-order valence-corrected chi connectivity index (χ1v) is 7.48. The van der Waals surface area contributed by atoms with E-state index in [4.69, 9.17) is 0 Å². The Balaban J connectivity index is 1.61. The Kier molecular flexibility index (Phi) is 4.47. The van der Waals surface area contributed by atoms with Gasteiger partial charge in [-0.2, -0.15) is 5.10 Å². The number of nitrogens with zero attached hydrogens (tertiary/aromatic N) is 3. The molecule has 0 saturated heterocycles. The van der Waals surface area contributed by atoms with Gasteiger partial charge in [0.25, 0.3) is 0 Å². The number of amides is 1. The Morgan fingerprint density at radius 2 is 2.04 bits per heavy atom. The van der Waals surface area contributed by atoms with E-state index in [1.165, 1.54) is 0 Å². The summed E-state index contributed by atoms with van der Waals surface area (Å²) in [5, 5.41) is 7.11. The quantitative estimate of drug-likeness (QED) is 0.787. The Morgan fingerprint density at radius 1 is 1.17 bits per heavy atom. The van der Waals surface area contributed by atoms with E-state index in [0.717, 1.165) is 22.5 Å². The molecule has 2 aromatic heterocycles. The summed E-state index contributed by atoms with van der Waals surface area (Å²) in [4.78, 5) is 16.4. The summed E-state index contributed by atoms with van der Waals surface area (Å²) in [7, 11) is 0. The molecule has 3 rings (SSSR count). The predicted molar refractivity (Wildman–Crippen MR) is 88.1 cm³/mol. The Labute approximate surface area is 135 Å². The summed E-state index contributed by atoms with van der Waals surface area (Å²) in [6, 6.07) is 13.6. The average molecular weight is 306 g/mol. The van der Waals surface area contributed by atoms with Gasteiger partial charge in [-0.25, -0.2) is 9.67 Å². The van der Waals surface area contributed by atoms with Gasteiger partial charge in [-0.15, -0.1) is 0 Å². The highest BCUT2D eigenvalue weighted by Gasteiger charge is 2.06. The number of carbonyl (C=O) groups is 1. The fourth-order valence-corrected chi connectivity index (χ4v) is 2.34. The van der Waals surface area contributed by atoms with Crippen LogP contribution >= 0.6 is 0 Å². The van der Waals surface area contributed by atoms with E-state index in [0.29, 0.717) is 13.0 Å². The van der Waals surface area contributed by atoms with Crippen LogP contribution in [-0.4, -0.2) is 20.7 Å². The molecule has 0 aliphatic carbocycles. The number of hydrogen-bond acceptors (Lipinski definition) is 3. The van der Waals surface area contributed by atoms with E-state index in [-0.39, 0.29) is 5.91 Å². The van der Waals surface area contributed by atoms with Crippen LogP contribution in [0.4, 0.5) is 0 Å². The molecule has 3 aromatic rings. The van der Waals surface area contributed by atoms with Crippen LogP contribution < -0.4 is 5.32 Å². The number of nitrogens with one attached hydrogen (secondary N) is 1. The first-order chi connectivity index (χ1) is 11.2. The Bertz CT molecular complexity index is 796. The van der Waals surface area contributed by atoms with Crippen molar-refractivity contribution in [2.24, 2.45) is 0 Å². The van der Waals surface area contributed by atoms with Crippen molar-refractivity contribution in [2.75, 3.05) is 0 Å². The largest absolute Gasteiger partial charge is 0.352 e. The molecule has 0 fully saturated rings. The lowest BCUT2D eigenvalue weighted by Gasteiger charge is -2.08. The summed E-state index contributed by atoms with van der Waals surface area (Å²) >= 11 is 0. The topological polar surface area (TPSA) is 59.8 Å². The Hall–Kier alpha value is -2.95. The fraction of sp³-hybridized carbons (Fsp3) is 0.167. The second-order valence-electron chi connectivity index (χ2n) is 5.35. The lowest BCUT2D eigenvalue weighted by Crippen LogP contribution is -2.25. The molecular formula is C18H18N4O. The molecule has 0 atom stereocenters. The minimum Gasteiger partial charge on any atom is -0.352 e. The molecule has 0 aliphatic heterocycles. The number of carbonyl (C=O) groups excluding carboxylic acids is 1. The van der Waals surface area contributed by atoms with Crippen molar-refractivity contribution in [1.82, 2.24) is 20.1 Å². The van der Waals surface area contributed by atoms with E-state index in [1.807, 2.05) is 55.6 Å². The molecule has 0 spiro atoms. The third-order valence-corrected chi connectivity index (χ3v) is 3.65. The van der Waals surface area contributed by atoms with Crippen LogP contribution in [0.3, 0.4) is 0 Å². The third-order valence-electron chi connectivity index (χ3n) is 3.65. The van der Waals surface area contributed by atoms with Gasteiger partial charge in [0.2, 0.25) is 5.91 Å². The monoisotopic (exact) mass is 306 g/mol. The van der Waals surface area contributed by atoms with Crippen molar-refractivity contribution in [3.8, 4) is 5.82 Å². The molecule has 1 amide bonds. The molecule has 0 unspecified atom stereocenters. The van der Waals surface area contributed by atoms with Gasteiger partial charge in [0.15, 0.2) is 5.82 Å². The number of aromatic nitrogens is 3. The van der Waals surface area contributed by atoms with Gasteiger partial charge >= 0.3 is 0 Å². The first kappa shape index (κ1) is 15.0. The molecule has 0 radical (unpaired) electrons. The smallest absolute Gasteiger partial charge is 0.224 e. The van der Waals surface area contributed by atoms with Crippen molar-refractivity contribution in [3.63, 3.8) is 0 Å². The molecule has 5 heteroatoms. The van der Waals surface area contributed by atoms with Gasteiger partial charge in [0, 0.05) is 25.1 Å². The van der Waals surface area contributed by atoms with Crippen LogP contribution in [0.25, 0.3) is 5.82 Å². The summed E-state index contributed by atoms with van der Waals surface area (Å²) in [6.07, 6.45) is 5.66. The summed E-state index contributed by atoms with van der Waals surface area (Å²) < 4.78 is 1.69. The van der Waals surface area contributed by atoms with Crippen LogP contribution in [0.5, 0.6) is 0 Å². The summed E-state index contributed by atoms with van der Waals surface area (Å²) in [5.74, 6) is 0.748. The van der Waals surface area contributed by atoms with E-state index in [1.54, 1.807) is 17.1 Å². The van der Waals surface area contributed by atoms with Crippen LogP contribution in [0.1, 0.15) is 16.7 Å². The molecule has 0 bridgehead atoms. The van der Waals surface area contributed by atoms with Gasteiger partial charge in [-0.05, 0) is 41.8 Å². The molecule has 1 N–H and O–H groups in total. The number of aryl methyl sites for hydroxylation is 1. The number of pyridine rings is 1. The Morgan fingerprint density at radius 3 is 2.83 bits per heavy atom. The van der Waals surface area contributed by atoms with Crippen LogP contribution in [0, 0.1) is 6.92 Å². The highest BCUT2D eigenvalue weighted by molar-refractivity contribution is 5.78. The van der Waals surface area contributed by atoms with Crippen LogP contribution in [0.15, 0.2) is 61.1 Å². The molecule has 5 nitrogen and oxygen atoms in total. The van der Waals surface area contributed by atoms with Crippen LogP contribution in [0.2, 0.25) is 0 Å².